The lowest BCUT2D eigenvalue weighted by Gasteiger charge is -2.08. The summed E-state index contributed by atoms with van der Waals surface area (Å²) in [7, 11) is 0. The van der Waals surface area contributed by atoms with Gasteiger partial charge in [0.1, 0.15) is 6.33 Å². The number of carboxylic acid groups (broad SMARTS) is 1. The topological polar surface area (TPSA) is 110 Å². The molecule has 0 saturated heterocycles. The molecule has 1 unspecified atom stereocenters. The number of benzene rings is 1. The molecule has 0 aliphatic carbocycles. The van der Waals surface area contributed by atoms with Crippen LogP contribution in [0.5, 0.6) is 0 Å². The zero-order valence-electron chi connectivity index (χ0n) is 11.4. The van der Waals surface area contributed by atoms with Gasteiger partial charge < -0.3 is 10.4 Å². The minimum atomic E-state index is -0.930. The normalized spacial score (nSPS) is 11.9. The van der Waals surface area contributed by atoms with E-state index in [1.165, 1.54) is 11.0 Å². The van der Waals surface area contributed by atoms with Gasteiger partial charge in [-0.3, -0.25) is 9.59 Å². The Morgan fingerprint density at radius 3 is 2.62 bits per heavy atom. The zero-order chi connectivity index (χ0) is 15.2. The quantitative estimate of drug-likeness (QED) is 0.777. The molecule has 1 aromatic heterocycles. The van der Waals surface area contributed by atoms with E-state index in [1.54, 1.807) is 31.2 Å². The van der Waals surface area contributed by atoms with Crippen molar-refractivity contribution in [3.8, 4) is 5.69 Å². The molecule has 0 fully saturated rings. The molecule has 8 nitrogen and oxygen atoms in total. The van der Waals surface area contributed by atoms with E-state index in [2.05, 4.69) is 20.8 Å². The van der Waals surface area contributed by atoms with Crippen LogP contribution in [0.15, 0.2) is 30.6 Å². The fourth-order valence-corrected chi connectivity index (χ4v) is 1.65. The van der Waals surface area contributed by atoms with Crippen LogP contribution in [-0.4, -0.2) is 43.7 Å². The highest BCUT2D eigenvalue weighted by molar-refractivity contribution is 5.79. The highest BCUT2D eigenvalue weighted by atomic mass is 16.4. The SMILES string of the molecule is CC(CNC(=O)Cc1ccc(-n2cnnn2)cc1)C(=O)O. The summed E-state index contributed by atoms with van der Waals surface area (Å²) in [6.45, 7) is 1.67. The van der Waals surface area contributed by atoms with Crippen LogP contribution in [0, 0.1) is 5.92 Å². The van der Waals surface area contributed by atoms with Gasteiger partial charge in [-0.15, -0.1) is 5.10 Å². The van der Waals surface area contributed by atoms with Crippen molar-refractivity contribution >= 4 is 11.9 Å². The minimum absolute atomic E-state index is 0.122. The molecule has 0 saturated carbocycles. The van der Waals surface area contributed by atoms with Crippen LogP contribution in [0.2, 0.25) is 0 Å². The largest absolute Gasteiger partial charge is 0.481 e. The average Bonchev–Trinajstić information content (AvgIpc) is 2.99. The lowest BCUT2D eigenvalue weighted by Crippen LogP contribution is -2.32. The molecule has 21 heavy (non-hydrogen) atoms. The lowest BCUT2D eigenvalue weighted by molar-refractivity contribution is -0.141. The summed E-state index contributed by atoms with van der Waals surface area (Å²) < 4.78 is 1.51. The number of carbonyl (C=O) groups excluding carboxylic acids is 1. The van der Waals surface area contributed by atoms with Crippen LogP contribution < -0.4 is 5.32 Å². The summed E-state index contributed by atoms with van der Waals surface area (Å²) in [5.74, 6) is -1.74. The smallest absolute Gasteiger partial charge is 0.308 e. The molecule has 2 aromatic rings. The van der Waals surface area contributed by atoms with Crippen molar-refractivity contribution in [3.63, 3.8) is 0 Å². The Morgan fingerprint density at radius 1 is 1.33 bits per heavy atom. The van der Waals surface area contributed by atoms with Crippen molar-refractivity contribution in [2.24, 2.45) is 5.92 Å². The summed E-state index contributed by atoms with van der Waals surface area (Å²) in [4.78, 5) is 22.4. The molecular weight excluding hydrogens is 274 g/mol. The molecule has 1 atom stereocenters. The number of tetrazole rings is 1. The maximum atomic E-state index is 11.7. The van der Waals surface area contributed by atoms with E-state index in [1.807, 2.05) is 0 Å². The number of carbonyl (C=O) groups is 2. The number of rotatable bonds is 6. The van der Waals surface area contributed by atoms with E-state index < -0.39 is 11.9 Å². The zero-order valence-corrected chi connectivity index (χ0v) is 11.4. The van der Waals surface area contributed by atoms with Crippen molar-refractivity contribution in [1.29, 1.82) is 0 Å². The molecule has 0 spiro atoms. The van der Waals surface area contributed by atoms with E-state index in [0.717, 1.165) is 11.3 Å². The monoisotopic (exact) mass is 289 g/mol. The Hall–Kier alpha value is -2.77. The fraction of sp³-hybridized carbons (Fsp3) is 0.308. The number of hydrogen-bond acceptors (Lipinski definition) is 5. The average molecular weight is 289 g/mol. The maximum absolute atomic E-state index is 11.7. The standard InChI is InChI=1S/C13H15N5O3/c1-9(13(20)21)7-14-12(19)6-10-2-4-11(5-3-10)18-8-15-16-17-18/h2-5,8-9H,6-7H2,1H3,(H,14,19)(H,20,21). The Bertz CT molecular complexity index is 609. The van der Waals surface area contributed by atoms with Crippen LogP contribution in [0.25, 0.3) is 5.69 Å². The highest BCUT2D eigenvalue weighted by Gasteiger charge is 2.12. The highest BCUT2D eigenvalue weighted by Crippen LogP contribution is 2.08. The molecule has 2 rings (SSSR count). The molecule has 0 radical (unpaired) electrons. The third-order valence-electron chi connectivity index (χ3n) is 2.94. The number of nitrogens with zero attached hydrogens (tertiary/aromatic N) is 4. The first-order chi connectivity index (χ1) is 10.1. The lowest BCUT2D eigenvalue weighted by atomic mass is 10.1. The third kappa shape index (κ3) is 4.10. The van der Waals surface area contributed by atoms with Gasteiger partial charge in [-0.1, -0.05) is 19.1 Å². The van der Waals surface area contributed by atoms with Crippen molar-refractivity contribution < 1.29 is 14.7 Å². The number of aromatic nitrogens is 4. The third-order valence-corrected chi connectivity index (χ3v) is 2.94. The van der Waals surface area contributed by atoms with Gasteiger partial charge in [0, 0.05) is 6.54 Å². The number of aliphatic carboxylic acids is 1. The predicted octanol–water partition coefficient (Wildman–Crippen LogP) is 0.0417. The number of nitrogens with one attached hydrogen (secondary N) is 1. The molecule has 1 amide bonds. The second-order valence-electron chi connectivity index (χ2n) is 4.64. The molecule has 0 bridgehead atoms. The van der Waals surface area contributed by atoms with Crippen LogP contribution in [0.3, 0.4) is 0 Å². The first-order valence-electron chi connectivity index (χ1n) is 6.38. The Kier molecular flexibility index (Phi) is 4.60. The molecule has 1 aromatic carbocycles. The summed E-state index contributed by atoms with van der Waals surface area (Å²) in [6, 6.07) is 7.21. The first kappa shape index (κ1) is 14.6. The van der Waals surface area contributed by atoms with Gasteiger partial charge in [0.15, 0.2) is 0 Å². The predicted molar refractivity (Wildman–Crippen MR) is 72.7 cm³/mol. The first-order valence-corrected chi connectivity index (χ1v) is 6.38. The van der Waals surface area contributed by atoms with E-state index in [-0.39, 0.29) is 18.9 Å². The van der Waals surface area contributed by atoms with Gasteiger partial charge in [-0.2, -0.15) is 0 Å². The Balaban J connectivity index is 1.88. The van der Waals surface area contributed by atoms with Crippen LogP contribution in [0.1, 0.15) is 12.5 Å². The summed E-state index contributed by atoms with van der Waals surface area (Å²) in [6.07, 6.45) is 1.68. The molecular formula is C13H15N5O3. The Labute approximate surface area is 120 Å². The van der Waals surface area contributed by atoms with E-state index in [9.17, 15) is 9.59 Å². The molecule has 110 valence electrons. The van der Waals surface area contributed by atoms with Crippen LogP contribution >= 0.6 is 0 Å². The molecule has 1 heterocycles. The summed E-state index contributed by atoms with van der Waals surface area (Å²) in [5.41, 5.74) is 1.62. The summed E-state index contributed by atoms with van der Waals surface area (Å²) >= 11 is 0. The van der Waals surface area contributed by atoms with E-state index in [0.29, 0.717) is 0 Å². The second-order valence-corrected chi connectivity index (χ2v) is 4.64. The van der Waals surface area contributed by atoms with Crippen LogP contribution in [-0.2, 0) is 16.0 Å². The molecule has 8 heteroatoms. The minimum Gasteiger partial charge on any atom is -0.481 e. The number of carboxylic acids is 1. The Morgan fingerprint density at radius 2 is 2.05 bits per heavy atom. The van der Waals surface area contributed by atoms with E-state index >= 15 is 0 Å². The van der Waals surface area contributed by atoms with Crippen molar-refractivity contribution in [2.75, 3.05) is 6.54 Å². The van der Waals surface area contributed by atoms with Crippen molar-refractivity contribution in [3.05, 3.63) is 36.2 Å². The number of hydrogen-bond donors (Lipinski definition) is 2. The number of amides is 1. The van der Waals surface area contributed by atoms with Gasteiger partial charge in [0.25, 0.3) is 0 Å². The van der Waals surface area contributed by atoms with Crippen LogP contribution in [0.4, 0.5) is 0 Å². The van der Waals surface area contributed by atoms with Gasteiger partial charge in [0.2, 0.25) is 5.91 Å². The van der Waals surface area contributed by atoms with Gasteiger partial charge in [0.05, 0.1) is 18.0 Å². The summed E-state index contributed by atoms with van der Waals surface area (Å²) in [5, 5.41) is 22.2. The molecule has 0 aliphatic rings. The van der Waals surface area contributed by atoms with Gasteiger partial charge in [-0.05, 0) is 28.1 Å². The van der Waals surface area contributed by atoms with Crippen molar-refractivity contribution in [2.45, 2.75) is 13.3 Å². The maximum Gasteiger partial charge on any atom is 0.308 e. The van der Waals surface area contributed by atoms with E-state index in [4.69, 9.17) is 5.11 Å². The van der Waals surface area contributed by atoms with Crippen molar-refractivity contribution in [1.82, 2.24) is 25.5 Å². The van der Waals surface area contributed by atoms with Gasteiger partial charge in [-0.25, -0.2) is 4.68 Å². The van der Waals surface area contributed by atoms with Gasteiger partial charge >= 0.3 is 5.97 Å². The fourth-order valence-electron chi connectivity index (χ4n) is 1.65. The molecule has 0 aliphatic heterocycles. The molecule has 2 N–H and O–H groups in total. The second kappa shape index (κ2) is 6.60.